The lowest BCUT2D eigenvalue weighted by molar-refractivity contribution is 0.401. The second-order valence-corrected chi connectivity index (χ2v) is 1.82. The molecule has 1 aromatic rings. The molecule has 0 aliphatic heterocycles. The third-order valence-electron chi connectivity index (χ3n) is 1.30. The average Bonchev–Trinajstić information content (AvgIpc) is 1.89. The van der Waals surface area contributed by atoms with E-state index < -0.39 is 10.9 Å². The van der Waals surface area contributed by atoms with Crippen LogP contribution in [0.5, 0.6) is 5.75 Å². The van der Waals surface area contributed by atoms with Crippen molar-refractivity contribution in [3.8, 4) is 5.75 Å². The quantitative estimate of drug-likeness (QED) is 0.481. The van der Waals surface area contributed by atoms with Gasteiger partial charge in [-0.2, -0.15) is 0 Å². The molecule has 0 aliphatic rings. The van der Waals surface area contributed by atoms with E-state index in [1.165, 1.54) is 7.11 Å². The minimum atomic E-state index is -0.505. The van der Waals surface area contributed by atoms with Gasteiger partial charge in [-0.15, -0.1) is 0 Å². The highest BCUT2D eigenvalue weighted by atomic mass is 16.5. The molecule has 1 rings (SSSR count). The molecule has 0 bridgehead atoms. The van der Waals surface area contributed by atoms with Gasteiger partial charge in [0.15, 0.2) is 5.75 Å². The summed E-state index contributed by atoms with van der Waals surface area (Å²) < 4.78 is 4.59. The van der Waals surface area contributed by atoms with Crippen molar-refractivity contribution in [2.24, 2.45) is 0 Å². The van der Waals surface area contributed by atoms with E-state index in [1.54, 1.807) is 6.92 Å². The van der Waals surface area contributed by atoms with Crippen molar-refractivity contribution in [1.29, 1.82) is 0 Å². The summed E-state index contributed by atoms with van der Waals surface area (Å²) in [4.78, 5) is 20.9. The Morgan fingerprint density at radius 3 is 2.00 bits per heavy atom. The summed E-state index contributed by atoms with van der Waals surface area (Å²) in [6.07, 6.45) is 0. The van der Waals surface area contributed by atoms with Crippen LogP contribution in [0.1, 0.15) is 5.56 Å². The Balaban J connectivity index is 3.25. The van der Waals surface area contributed by atoms with Crippen LogP contribution in [-0.4, -0.2) is 7.11 Å². The summed E-state index contributed by atoms with van der Waals surface area (Å²) in [5.74, 6) is 0.208. The van der Waals surface area contributed by atoms with Crippen LogP contribution in [0.25, 0.3) is 0 Å². The smallest absolute Gasteiger partial charge is 0.268 e. The maximum Gasteiger partial charge on any atom is 0.268 e. The Kier molecular flexibility index (Phi) is 1.12. The van der Waals surface area contributed by atoms with Gasteiger partial charge in [0.1, 0.15) is 0 Å². The van der Waals surface area contributed by atoms with Gasteiger partial charge in [-0.05, 0) is 6.92 Å². The molecule has 0 N–H and O–H groups in total. The van der Waals surface area contributed by atoms with E-state index >= 15 is 0 Å². The monoisotopic (exact) mass is 126 g/mol. The highest BCUT2D eigenvalue weighted by Gasteiger charge is 2.15. The summed E-state index contributed by atoms with van der Waals surface area (Å²) in [7, 11) is 1.38. The van der Waals surface area contributed by atoms with Gasteiger partial charge in [0.25, 0.3) is 5.43 Å². The van der Waals surface area contributed by atoms with Crippen molar-refractivity contribution < 1.29 is 4.74 Å². The van der Waals surface area contributed by atoms with Crippen molar-refractivity contribution in [1.82, 2.24) is 0 Å². The lowest BCUT2D eigenvalue weighted by Gasteiger charge is -2.02. The van der Waals surface area contributed by atoms with Crippen molar-refractivity contribution in [2.75, 3.05) is 7.11 Å². The maximum atomic E-state index is 10.5. The van der Waals surface area contributed by atoms with E-state index in [0.717, 1.165) is 0 Å². The third-order valence-corrected chi connectivity index (χ3v) is 1.30. The zero-order chi connectivity index (χ0) is 7.02. The predicted molar refractivity (Wildman–Crippen MR) is 32.6 cm³/mol. The molecular weight excluding hydrogens is 120 g/mol. The molecule has 0 fully saturated rings. The van der Waals surface area contributed by atoms with Crippen LogP contribution in [0.4, 0.5) is 0 Å². The summed E-state index contributed by atoms with van der Waals surface area (Å²) in [6, 6.07) is 0. The van der Waals surface area contributed by atoms with Gasteiger partial charge in [-0.3, -0.25) is 9.59 Å². The molecule has 0 atom stereocenters. The Morgan fingerprint density at radius 2 is 1.78 bits per heavy atom. The first-order chi connectivity index (χ1) is 4.18. The second kappa shape index (κ2) is 1.69. The third kappa shape index (κ3) is 0.575. The number of hydrogen-bond acceptors (Lipinski definition) is 3. The fourth-order valence-corrected chi connectivity index (χ4v) is 0.730. The van der Waals surface area contributed by atoms with E-state index in [4.69, 9.17) is 0 Å². The zero-order valence-corrected chi connectivity index (χ0v) is 5.22. The fourth-order valence-electron chi connectivity index (χ4n) is 0.730. The number of methoxy groups -OCH3 is 1. The van der Waals surface area contributed by atoms with Gasteiger partial charge in [0, 0.05) is 5.56 Å². The van der Waals surface area contributed by atoms with Crippen LogP contribution in [0.15, 0.2) is 9.59 Å². The summed E-state index contributed by atoms with van der Waals surface area (Å²) >= 11 is 0. The van der Waals surface area contributed by atoms with E-state index in [2.05, 4.69) is 4.74 Å². The van der Waals surface area contributed by atoms with Gasteiger partial charge in [0.05, 0.1) is 7.11 Å². The van der Waals surface area contributed by atoms with Gasteiger partial charge >= 0.3 is 0 Å². The Hall–Kier alpha value is -1.12. The van der Waals surface area contributed by atoms with Gasteiger partial charge in [-0.1, -0.05) is 0 Å². The molecule has 3 heteroatoms. The molecule has 48 valence electrons. The van der Waals surface area contributed by atoms with Crippen molar-refractivity contribution in [2.45, 2.75) is 6.92 Å². The average molecular weight is 126 g/mol. The minimum absolute atomic E-state index is 0.208. The van der Waals surface area contributed by atoms with E-state index in [0.29, 0.717) is 5.56 Å². The number of ether oxygens (including phenoxy) is 1. The van der Waals surface area contributed by atoms with E-state index in [1.807, 2.05) is 0 Å². The molecule has 0 saturated carbocycles. The van der Waals surface area contributed by atoms with Crippen LogP contribution >= 0.6 is 0 Å². The molecule has 0 radical (unpaired) electrons. The first-order valence-corrected chi connectivity index (χ1v) is 2.52. The molecule has 0 aromatic heterocycles. The van der Waals surface area contributed by atoms with Crippen molar-refractivity contribution in [3.63, 3.8) is 0 Å². The van der Waals surface area contributed by atoms with Gasteiger partial charge < -0.3 is 4.74 Å². The normalized spacial score (nSPS) is 10.0. The molecule has 0 unspecified atom stereocenters. The second-order valence-electron chi connectivity index (χ2n) is 1.82. The summed E-state index contributed by atoms with van der Waals surface area (Å²) in [5.41, 5.74) is -0.496. The minimum Gasteiger partial charge on any atom is -0.492 e. The van der Waals surface area contributed by atoms with E-state index in [9.17, 15) is 9.59 Å². The van der Waals surface area contributed by atoms with Crippen LogP contribution < -0.4 is 15.6 Å². The molecule has 1 aromatic carbocycles. The van der Waals surface area contributed by atoms with Gasteiger partial charge in [-0.25, -0.2) is 0 Å². The lowest BCUT2D eigenvalue weighted by atomic mass is 10.1. The van der Waals surface area contributed by atoms with Crippen LogP contribution in [0, 0.1) is 6.92 Å². The topological polar surface area (TPSA) is 43.4 Å². The molecular formula is C6H6O3. The first kappa shape index (κ1) is 6.01. The molecule has 0 aliphatic carbocycles. The van der Waals surface area contributed by atoms with Crippen LogP contribution in [-0.2, 0) is 0 Å². The predicted octanol–water partition coefficient (Wildman–Crippen LogP) is -0.400. The van der Waals surface area contributed by atoms with Gasteiger partial charge in [0.2, 0.25) is 5.43 Å². The Bertz CT molecular complexity index is 291. The molecule has 0 spiro atoms. The molecule has 3 nitrogen and oxygen atoms in total. The number of hydrogen-bond donors (Lipinski definition) is 0. The standard InChI is InChI=1S/C6H6O3/c1-3-4(7)5(8)6(3)9-2/h1-2H3. The maximum absolute atomic E-state index is 10.5. The molecule has 0 saturated heterocycles. The summed E-state index contributed by atoms with van der Waals surface area (Å²) in [6.45, 7) is 1.57. The fraction of sp³-hybridized carbons (Fsp3) is 0.333. The largest absolute Gasteiger partial charge is 0.492 e. The lowest BCUT2D eigenvalue weighted by Crippen LogP contribution is -2.34. The van der Waals surface area contributed by atoms with Crippen molar-refractivity contribution >= 4 is 0 Å². The number of rotatable bonds is 1. The molecule has 0 amide bonds. The molecule has 0 heterocycles. The summed E-state index contributed by atoms with van der Waals surface area (Å²) in [5, 5.41) is 0. The Labute approximate surface area is 51.6 Å². The SMILES string of the molecule is COc1c(C)c(=O)c1=O. The zero-order valence-electron chi connectivity index (χ0n) is 5.22. The highest BCUT2D eigenvalue weighted by Crippen LogP contribution is 2.05. The van der Waals surface area contributed by atoms with E-state index in [-0.39, 0.29) is 5.75 Å². The Morgan fingerprint density at radius 1 is 1.22 bits per heavy atom. The van der Waals surface area contributed by atoms with Crippen molar-refractivity contribution in [3.05, 3.63) is 26.0 Å². The van der Waals surface area contributed by atoms with Crippen LogP contribution in [0.3, 0.4) is 0 Å². The van der Waals surface area contributed by atoms with Crippen LogP contribution in [0.2, 0.25) is 0 Å². The first-order valence-electron chi connectivity index (χ1n) is 2.52. The highest BCUT2D eigenvalue weighted by molar-refractivity contribution is 5.37. The molecule has 9 heavy (non-hydrogen) atoms.